The first-order valence-corrected chi connectivity index (χ1v) is 10.5. The molecule has 1 N–H and O–H groups in total. The second-order valence-electron chi connectivity index (χ2n) is 6.69. The van der Waals surface area contributed by atoms with Crippen LogP contribution in [0.5, 0.6) is 11.5 Å². The van der Waals surface area contributed by atoms with Gasteiger partial charge in [0, 0.05) is 17.5 Å². The summed E-state index contributed by atoms with van der Waals surface area (Å²) in [6.07, 6.45) is 1.00. The van der Waals surface area contributed by atoms with Crippen molar-refractivity contribution in [1.82, 2.24) is 10.3 Å². The van der Waals surface area contributed by atoms with Crippen LogP contribution in [0.1, 0.15) is 23.7 Å². The van der Waals surface area contributed by atoms with Crippen LogP contribution in [0.2, 0.25) is 0 Å². The second kappa shape index (κ2) is 10.1. The van der Waals surface area contributed by atoms with E-state index in [4.69, 9.17) is 9.47 Å². The number of carbonyl (C=O) groups excluding carboxylic acids is 1. The third-order valence-corrected chi connectivity index (χ3v) is 5.40. The van der Waals surface area contributed by atoms with Gasteiger partial charge in [0.15, 0.2) is 0 Å². The lowest BCUT2D eigenvalue weighted by atomic mass is 10.1. The molecule has 0 spiro atoms. The molecule has 0 aliphatic carbocycles. The first-order valence-electron chi connectivity index (χ1n) is 9.67. The lowest BCUT2D eigenvalue weighted by Gasteiger charge is -2.10. The first kappa shape index (κ1) is 20.9. The van der Waals surface area contributed by atoms with Crippen molar-refractivity contribution in [2.45, 2.75) is 26.7 Å². The van der Waals surface area contributed by atoms with Crippen molar-refractivity contribution in [1.29, 1.82) is 0 Å². The Morgan fingerprint density at radius 2 is 1.97 bits per heavy atom. The van der Waals surface area contributed by atoms with Crippen LogP contribution in [0.15, 0.2) is 47.8 Å². The molecule has 6 heteroatoms. The van der Waals surface area contributed by atoms with Crippen molar-refractivity contribution in [3.05, 3.63) is 64.7 Å². The van der Waals surface area contributed by atoms with Crippen molar-refractivity contribution in [2.24, 2.45) is 0 Å². The number of benzene rings is 2. The summed E-state index contributed by atoms with van der Waals surface area (Å²) in [6, 6.07) is 13.9. The summed E-state index contributed by atoms with van der Waals surface area (Å²) in [7, 11) is 1.66. The molecule has 0 bridgehead atoms. The van der Waals surface area contributed by atoms with E-state index >= 15 is 0 Å². The highest BCUT2D eigenvalue weighted by Gasteiger charge is 2.10. The van der Waals surface area contributed by atoms with Gasteiger partial charge in [-0.25, -0.2) is 4.98 Å². The number of nitrogens with zero attached hydrogens (tertiary/aromatic N) is 1. The largest absolute Gasteiger partial charge is 0.496 e. The Kier molecular flexibility index (Phi) is 7.25. The normalized spacial score (nSPS) is 10.6. The second-order valence-corrected chi connectivity index (χ2v) is 7.55. The van der Waals surface area contributed by atoms with Gasteiger partial charge in [0.05, 0.1) is 25.8 Å². The molecule has 1 heterocycles. The van der Waals surface area contributed by atoms with Crippen LogP contribution in [0.25, 0.3) is 10.6 Å². The predicted octanol–water partition coefficient (Wildman–Crippen LogP) is 4.43. The summed E-state index contributed by atoms with van der Waals surface area (Å²) in [5.41, 5.74) is 4.08. The molecule has 3 aromatic rings. The Morgan fingerprint density at radius 3 is 2.69 bits per heavy atom. The molecule has 0 saturated heterocycles. The molecule has 0 fully saturated rings. The van der Waals surface area contributed by atoms with E-state index in [-0.39, 0.29) is 12.3 Å². The fourth-order valence-electron chi connectivity index (χ4n) is 3.05. The molecule has 1 aromatic heterocycles. The zero-order valence-electron chi connectivity index (χ0n) is 17.0. The summed E-state index contributed by atoms with van der Waals surface area (Å²) in [4.78, 5) is 16.9. The summed E-state index contributed by atoms with van der Waals surface area (Å²) in [5, 5.41) is 5.82. The van der Waals surface area contributed by atoms with E-state index in [0.29, 0.717) is 13.2 Å². The summed E-state index contributed by atoms with van der Waals surface area (Å²) in [5.74, 6) is 1.67. The molecule has 0 radical (unpaired) electrons. The number of methoxy groups -OCH3 is 1. The number of aromatic nitrogens is 1. The highest BCUT2D eigenvalue weighted by molar-refractivity contribution is 7.13. The maximum Gasteiger partial charge on any atom is 0.226 e. The fourth-order valence-corrected chi connectivity index (χ4v) is 3.87. The highest BCUT2D eigenvalue weighted by Crippen LogP contribution is 2.26. The van der Waals surface area contributed by atoms with Gasteiger partial charge in [-0.05, 0) is 56.2 Å². The Morgan fingerprint density at radius 1 is 1.17 bits per heavy atom. The Hall–Kier alpha value is -2.86. The lowest BCUT2D eigenvalue weighted by Crippen LogP contribution is -2.27. The molecular formula is C23H26N2O3S. The topological polar surface area (TPSA) is 60.5 Å². The molecule has 0 unspecified atom stereocenters. The van der Waals surface area contributed by atoms with Crippen LogP contribution in [-0.2, 0) is 17.6 Å². The van der Waals surface area contributed by atoms with Gasteiger partial charge in [-0.2, -0.15) is 0 Å². The average molecular weight is 411 g/mol. The molecule has 0 atom stereocenters. The molecule has 0 aliphatic rings. The van der Waals surface area contributed by atoms with Gasteiger partial charge in [0.1, 0.15) is 16.5 Å². The van der Waals surface area contributed by atoms with Crippen LogP contribution in [0.3, 0.4) is 0 Å². The maximum atomic E-state index is 12.3. The summed E-state index contributed by atoms with van der Waals surface area (Å²) >= 11 is 1.54. The van der Waals surface area contributed by atoms with E-state index in [1.165, 1.54) is 5.56 Å². The molecule has 29 heavy (non-hydrogen) atoms. The minimum atomic E-state index is -0.0276. The number of hydrogen-bond acceptors (Lipinski definition) is 5. The van der Waals surface area contributed by atoms with Crippen LogP contribution in [0.4, 0.5) is 0 Å². The van der Waals surface area contributed by atoms with Crippen LogP contribution >= 0.6 is 11.3 Å². The van der Waals surface area contributed by atoms with E-state index in [2.05, 4.69) is 16.4 Å². The molecule has 2 aromatic carbocycles. The van der Waals surface area contributed by atoms with E-state index in [0.717, 1.165) is 39.7 Å². The molecular weight excluding hydrogens is 384 g/mol. The first-order chi connectivity index (χ1) is 14.1. The van der Waals surface area contributed by atoms with Gasteiger partial charge < -0.3 is 14.8 Å². The molecule has 1 amide bonds. The van der Waals surface area contributed by atoms with E-state index in [1.54, 1.807) is 18.4 Å². The van der Waals surface area contributed by atoms with Crippen LogP contribution in [0, 0.1) is 6.92 Å². The summed E-state index contributed by atoms with van der Waals surface area (Å²) < 4.78 is 10.9. The monoisotopic (exact) mass is 410 g/mol. The zero-order valence-corrected chi connectivity index (χ0v) is 17.8. The fraction of sp³-hybridized carbons (Fsp3) is 0.304. The quantitative estimate of drug-likeness (QED) is 0.567. The summed E-state index contributed by atoms with van der Waals surface area (Å²) in [6.45, 7) is 5.22. The predicted molar refractivity (Wildman–Crippen MR) is 117 cm³/mol. The zero-order chi connectivity index (χ0) is 20.6. The Labute approximate surface area is 175 Å². The van der Waals surface area contributed by atoms with E-state index in [1.807, 2.05) is 55.6 Å². The molecule has 5 nitrogen and oxygen atoms in total. The minimum Gasteiger partial charge on any atom is -0.496 e. The van der Waals surface area contributed by atoms with Gasteiger partial charge in [-0.1, -0.05) is 17.7 Å². The van der Waals surface area contributed by atoms with Crippen LogP contribution < -0.4 is 14.8 Å². The SMILES string of the molecule is CCOc1ccc(-c2nc(CC(=O)NCCc3cc(C)ccc3OC)cs2)cc1. The number of nitrogens with one attached hydrogen (secondary N) is 1. The lowest BCUT2D eigenvalue weighted by molar-refractivity contribution is -0.120. The molecule has 3 rings (SSSR count). The third-order valence-electron chi connectivity index (χ3n) is 4.46. The number of thiazole rings is 1. The number of carbonyl (C=O) groups is 1. The average Bonchev–Trinajstić information content (AvgIpc) is 3.17. The van der Waals surface area contributed by atoms with Gasteiger partial charge in [0.25, 0.3) is 0 Å². The number of hydrogen-bond donors (Lipinski definition) is 1. The van der Waals surface area contributed by atoms with Crippen LogP contribution in [-0.4, -0.2) is 31.2 Å². The molecule has 0 aliphatic heterocycles. The minimum absolute atomic E-state index is 0.0276. The number of rotatable bonds is 9. The van der Waals surface area contributed by atoms with Crippen molar-refractivity contribution in [2.75, 3.05) is 20.3 Å². The number of aryl methyl sites for hydroxylation is 1. The van der Waals surface area contributed by atoms with Gasteiger partial charge in [0.2, 0.25) is 5.91 Å². The van der Waals surface area contributed by atoms with E-state index < -0.39 is 0 Å². The van der Waals surface area contributed by atoms with Crippen molar-refractivity contribution in [3.63, 3.8) is 0 Å². The standard InChI is InChI=1S/C23H26N2O3S/c1-4-28-20-8-6-17(7-9-20)23-25-19(15-29-23)14-22(26)24-12-11-18-13-16(2)5-10-21(18)27-3/h5-10,13,15H,4,11-12,14H2,1-3H3,(H,24,26). The van der Waals surface area contributed by atoms with Gasteiger partial charge in [-0.3, -0.25) is 4.79 Å². The van der Waals surface area contributed by atoms with E-state index in [9.17, 15) is 4.79 Å². The maximum absolute atomic E-state index is 12.3. The number of amides is 1. The Balaban J connectivity index is 1.52. The number of ether oxygens (including phenoxy) is 2. The van der Waals surface area contributed by atoms with Gasteiger partial charge >= 0.3 is 0 Å². The Bertz CT molecular complexity index is 951. The van der Waals surface area contributed by atoms with Crippen molar-refractivity contribution >= 4 is 17.2 Å². The van der Waals surface area contributed by atoms with Gasteiger partial charge in [-0.15, -0.1) is 11.3 Å². The van der Waals surface area contributed by atoms with Crippen molar-refractivity contribution in [3.8, 4) is 22.1 Å². The third kappa shape index (κ3) is 5.81. The molecule has 152 valence electrons. The highest BCUT2D eigenvalue weighted by atomic mass is 32.1. The molecule has 0 saturated carbocycles. The van der Waals surface area contributed by atoms with Crippen molar-refractivity contribution < 1.29 is 14.3 Å². The smallest absolute Gasteiger partial charge is 0.226 e.